The third-order valence-corrected chi connectivity index (χ3v) is 4.18. The molecule has 1 heterocycles. The summed E-state index contributed by atoms with van der Waals surface area (Å²) in [6.07, 6.45) is 4.11. The number of rotatable bonds is 5. The SMILES string of the molecule is CNCC(C)(Cc1cccs1)C1CC1. The van der Waals surface area contributed by atoms with Crippen LogP contribution in [0, 0.1) is 11.3 Å². The second-order valence-electron chi connectivity index (χ2n) is 4.71. The van der Waals surface area contributed by atoms with Crippen molar-refractivity contribution in [3.05, 3.63) is 22.4 Å². The Labute approximate surface area is 90.5 Å². The van der Waals surface area contributed by atoms with E-state index in [9.17, 15) is 0 Å². The van der Waals surface area contributed by atoms with Crippen molar-refractivity contribution in [1.29, 1.82) is 0 Å². The summed E-state index contributed by atoms with van der Waals surface area (Å²) in [5.41, 5.74) is 0.486. The summed E-state index contributed by atoms with van der Waals surface area (Å²) in [5.74, 6) is 0.956. The highest BCUT2D eigenvalue weighted by Crippen LogP contribution is 2.47. The van der Waals surface area contributed by atoms with Crippen molar-refractivity contribution >= 4 is 11.3 Å². The fraction of sp³-hybridized carbons (Fsp3) is 0.667. The first-order chi connectivity index (χ1) is 6.74. The van der Waals surface area contributed by atoms with Crippen molar-refractivity contribution in [2.75, 3.05) is 13.6 Å². The monoisotopic (exact) mass is 209 g/mol. The average Bonchev–Trinajstić information content (AvgIpc) is 2.89. The zero-order valence-corrected chi connectivity index (χ0v) is 9.86. The van der Waals surface area contributed by atoms with Crippen molar-refractivity contribution in [2.24, 2.45) is 11.3 Å². The predicted molar refractivity (Wildman–Crippen MR) is 62.8 cm³/mol. The van der Waals surface area contributed by atoms with E-state index in [1.165, 1.54) is 24.1 Å². The van der Waals surface area contributed by atoms with Gasteiger partial charge in [0.15, 0.2) is 0 Å². The molecule has 0 amide bonds. The first kappa shape index (κ1) is 10.2. The Morgan fingerprint density at radius 2 is 2.36 bits per heavy atom. The van der Waals surface area contributed by atoms with Crippen LogP contribution >= 0.6 is 11.3 Å². The molecule has 78 valence electrons. The van der Waals surface area contributed by atoms with Gasteiger partial charge in [-0.1, -0.05) is 13.0 Å². The maximum absolute atomic E-state index is 3.35. The van der Waals surface area contributed by atoms with Crippen LogP contribution in [0.15, 0.2) is 17.5 Å². The van der Waals surface area contributed by atoms with Gasteiger partial charge in [0.1, 0.15) is 0 Å². The van der Waals surface area contributed by atoms with E-state index in [1.54, 1.807) is 0 Å². The second kappa shape index (κ2) is 4.03. The molecule has 1 aromatic rings. The molecule has 1 aliphatic carbocycles. The Balaban J connectivity index is 2.03. The van der Waals surface area contributed by atoms with E-state index in [1.807, 2.05) is 11.3 Å². The second-order valence-corrected chi connectivity index (χ2v) is 5.75. The van der Waals surface area contributed by atoms with Crippen LogP contribution in [-0.4, -0.2) is 13.6 Å². The van der Waals surface area contributed by atoms with Crippen LogP contribution in [0.3, 0.4) is 0 Å². The van der Waals surface area contributed by atoms with Crippen molar-refractivity contribution in [3.63, 3.8) is 0 Å². The van der Waals surface area contributed by atoms with Gasteiger partial charge in [0.05, 0.1) is 0 Å². The van der Waals surface area contributed by atoms with E-state index < -0.39 is 0 Å². The summed E-state index contributed by atoms with van der Waals surface area (Å²) < 4.78 is 0. The number of hydrogen-bond acceptors (Lipinski definition) is 2. The highest BCUT2D eigenvalue weighted by molar-refractivity contribution is 7.09. The first-order valence-electron chi connectivity index (χ1n) is 5.41. The first-order valence-corrected chi connectivity index (χ1v) is 6.29. The van der Waals surface area contributed by atoms with Crippen molar-refractivity contribution in [1.82, 2.24) is 5.32 Å². The largest absolute Gasteiger partial charge is 0.319 e. The van der Waals surface area contributed by atoms with Crippen LogP contribution in [0.4, 0.5) is 0 Å². The van der Waals surface area contributed by atoms with E-state index in [2.05, 4.69) is 36.8 Å². The molecule has 2 heteroatoms. The lowest BCUT2D eigenvalue weighted by atomic mass is 9.81. The molecule has 14 heavy (non-hydrogen) atoms. The van der Waals surface area contributed by atoms with Gasteiger partial charge in [0, 0.05) is 11.4 Å². The molecule has 0 radical (unpaired) electrons. The van der Waals surface area contributed by atoms with E-state index in [0.717, 1.165) is 12.5 Å². The van der Waals surface area contributed by atoms with E-state index >= 15 is 0 Å². The molecule has 1 atom stereocenters. The van der Waals surface area contributed by atoms with Crippen LogP contribution in [0.25, 0.3) is 0 Å². The summed E-state index contributed by atoms with van der Waals surface area (Å²) >= 11 is 1.89. The van der Waals surface area contributed by atoms with Crippen LogP contribution in [0.1, 0.15) is 24.6 Å². The van der Waals surface area contributed by atoms with Gasteiger partial charge in [-0.15, -0.1) is 11.3 Å². The van der Waals surface area contributed by atoms with Crippen LogP contribution in [-0.2, 0) is 6.42 Å². The predicted octanol–water partition coefficient (Wildman–Crippen LogP) is 2.93. The molecule has 2 rings (SSSR count). The zero-order valence-electron chi connectivity index (χ0n) is 9.05. The zero-order chi connectivity index (χ0) is 10.0. The Bertz CT molecular complexity index is 277. The van der Waals surface area contributed by atoms with Gasteiger partial charge in [0.2, 0.25) is 0 Å². The summed E-state index contributed by atoms with van der Waals surface area (Å²) in [6.45, 7) is 3.58. The molecule has 1 nitrogen and oxygen atoms in total. The van der Waals surface area contributed by atoms with Gasteiger partial charge in [-0.2, -0.15) is 0 Å². The standard InChI is InChI=1S/C12H19NS/c1-12(9-13-2,10-5-6-10)8-11-4-3-7-14-11/h3-4,7,10,13H,5-6,8-9H2,1-2H3. The lowest BCUT2D eigenvalue weighted by Gasteiger charge is -2.29. The van der Waals surface area contributed by atoms with Crippen molar-refractivity contribution in [3.8, 4) is 0 Å². The fourth-order valence-electron chi connectivity index (χ4n) is 2.35. The van der Waals surface area contributed by atoms with Gasteiger partial charge in [-0.05, 0) is 49.1 Å². The molecule has 1 unspecified atom stereocenters. The van der Waals surface area contributed by atoms with Crippen LogP contribution in [0.2, 0.25) is 0 Å². The van der Waals surface area contributed by atoms with Gasteiger partial charge in [-0.25, -0.2) is 0 Å². The number of thiophene rings is 1. The van der Waals surface area contributed by atoms with E-state index in [-0.39, 0.29) is 0 Å². The molecule has 1 aliphatic rings. The Morgan fingerprint density at radius 1 is 1.57 bits per heavy atom. The minimum absolute atomic E-state index is 0.486. The molecule has 1 N–H and O–H groups in total. The number of nitrogens with one attached hydrogen (secondary N) is 1. The molecule has 0 saturated heterocycles. The van der Waals surface area contributed by atoms with Crippen molar-refractivity contribution < 1.29 is 0 Å². The molecule has 1 saturated carbocycles. The Morgan fingerprint density at radius 3 is 2.86 bits per heavy atom. The van der Waals surface area contributed by atoms with Crippen molar-refractivity contribution in [2.45, 2.75) is 26.2 Å². The minimum Gasteiger partial charge on any atom is -0.319 e. The van der Waals surface area contributed by atoms with E-state index in [4.69, 9.17) is 0 Å². The molecule has 0 bridgehead atoms. The van der Waals surface area contributed by atoms with Gasteiger partial charge in [0.25, 0.3) is 0 Å². The normalized spacial score (nSPS) is 20.7. The molecule has 1 fully saturated rings. The summed E-state index contributed by atoms with van der Waals surface area (Å²) in [5, 5.41) is 5.53. The van der Waals surface area contributed by atoms with Gasteiger partial charge in [-0.3, -0.25) is 0 Å². The van der Waals surface area contributed by atoms with Crippen LogP contribution < -0.4 is 5.32 Å². The topological polar surface area (TPSA) is 12.0 Å². The minimum atomic E-state index is 0.486. The maximum atomic E-state index is 3.35. The lowest BCUT2D eigenvalue weighted by molar-refractivity contribution is 0.265. The highest BCUT2D eigenvalue weighted by atomic mass is 32.1. The summed E-state index contributed by atoms with van der Waals surface area (Å²) in [4.78, 5) is 1.54. The maximum Gasteiger partial charge on any atom is 0.00512 e. The third-order valence-electron chi connectivity index (χ3n) is 3.30. The number of hydrogen-bond donors (Lipinski definition) is 1. The Hall–Kier alpha value is -0.340. The van der Waals surface area contributed by atoms with Gasteiger partial charge < -0.3 is 5.32 Å². The third kappa shape index (κ3) is 2.18. The van der Waals surface area contributed by atoms with Crippen LogP contribution in [0.5, 0.6) is 0 Å². The Kier molecular flexibility index (Phi) is 2.93. The molecular formula is C12H19NS. The highest BCUT2D eigenvalue weighted by Gasteiger charge is 2.40. The molecule has 0 aromatic carbocycles. The molecule has 0 spiro atoms. The molecular weight excluding hydrogens is 190 g/mol. The van der Waals surface area contributed by atoms with Gasteiger partial charge >= 0.3 is 0 Å². The average molecular weight is 209 g/mol. The quantitative estimate of drug-likeness (QED) is 0.786. The smallest absolute Gasteiger partial charge is 0.00512 e. The summed E-state index contributed by atoms with van der Waals surface area (Å²) in [7, 11) is 2.06. The molecule has 1 aromatic heterocycles. The molecule has 0 aliphatic heterocycles. The van der Waals surface area contributed by atoms with E-state index in [0.29, 0.717) is 5.41 Å². The fourth-order valence-corrected chi connectivity index (χ4v) is 3.25. The lowest BCUT2D eigenvalue weighted by Crippen LogP contribution is -2.33. The summed E-state index contributed by atoms with van der Waals surface area (Å²) in [6, 6.07) is 4.42.